The van der Waals surface area contributed by atoms with Gasteiger partial charge in [-0.05, 0) is 73.9 Å². The van der Waals surface area contributed by atoms with Gasteiger partial charge in [0.05, 0.1) is 5.41 Å². The van der Waals surface area contributed by atoms with Crippen molar-refractivity contribution in [2.75, 3.05) is 18.4 Å². The first-order valence-electron chi connectivity index (χ1n) is 19.7. The lowest BCUT2D eigenvalue weighted by molar-refractivity contribution is -0.149. The van der Waals surface area contributed by atoms with E-state index in [9.17, 15) is 24.0 Å². The second kappa shape index (κ2) is 18.1. The number of nitrogens with zero attached hydrogens (tertiary/aromatic N) is 2. The zero-order chi connectivity index (χ0) is 42.3. The van der Waals surface area contributed by atoms with Crippen molar-refractivity contribution in [2.45, 2.75) is 83.1 Å². The minimum absolute atomic E-state index is 0.104. The lowest BCUT2D eigenvalue weighted by Gasteiger charge is -2.42. The van der Waals surface area contributed by atoms with Gasteiger partial charge in [0.1, 0.15) is 36.8 Å². The monoisotopic (exact) mass is 805 g/mol. The topological polar surface area (TPSA) is 187 Å². The van der Waals surface area contributed by atoms with E-state index >= 15 is 0 Å². The van der Waals surface area contributed by atoms with E-state index in [4.69, 9.17) is 19.9 Å². The maximum Gasteiger partial charge on any atom is 0.266 e. The van der Waals surface area contributed by atoms with Crippen LogP contribution in [0.25, 0.3) is 0 Å². The fourth-order valence-electron chi connectivity index (χ4n) is 8.18. The molecule has 4 atom stereocenters. The molecular formula is C45H51N5O9. The Kier molecular flexibility index (Phi) is 13.0. The number of hydroxylamine groups is 2. The van der Waals surface area contributed by atoms with Crippen LogP contribution in [0.3, 0.4) is 0 Å². The number of carbonyl (C=O) groups excluding carboxylic acids is 5. The first kappa shape index (κ1) is 42.4. The number of ether oxygens (including phenoxy) is 2. The Hall–Kier alpha value is -6.25. The number of anilines is 1. The molecule has 5 amide bonds. The van der Waals surface area contributed by atoms with E-state index in [2.05, 4.69) is 5.32 Å². The van der Waals surface area contributed by atoms with Crippen molar-refractivity contribution in [3.63, 3.8) is 0 Å². The Bertz CT molecular complexity index is 2150. The van der Waals surface area contributed by atoms with E-state index in [1.807, 2.05) is 91.9 Å². The number of likely N-dealkylation sites (tertiary alicyclic amines) is 2. The molecule has 0 saturated carbocycles. The molecule has 0 aromatic heterocycles. The van der Waals surface area contributed by atoms with Crippen LogP contribution in [-0.2, 0) is 48.0 Å². The highest BCUT2D eigenvalue weighted by Crippen LogP contribution is 2.47. The van der Waals surface area contributed by atoms with E-state index < -0.39 is 46.5 Å². The number of nitrogens with one attached hydrogen (secondary N) is 3. The van der Waals surface area contributed by atoms with Crippen molar-refractivity contribution < 1.29 is 43.9 Å². The summed E-state index contributed by atoms with van der Waals surface area (Å²) in [5.74, 6) is -1.08. The zero-order valence-electron chi connectivity index (χ0n) is 33.6. The van der Waals surface area contributed by atoms with Crippen LogP contribution >= 0.6 is 0 Å². The van der Waals surface area contributed by atoms with Crippen LogP contribution in [0.1, 0.15) is 69.2 Å². The third-order valence-electron chi connectivity index (χ3n) is 11.5. The van der Waals surface area contributed by atoms with Crippen molar-refractivity contribution in [2.24, 2.45) is 5.92 Å². The molecule has 14 heteroatoms. The lowest BCUT2D eigenvalue weighted by Crippen LogP contribution is -2.56. The van der Waals surface area contributed by atoms with Crippen molar-refractivity contribution in [3.8, 4) is 11.5 Å². The fourth-order valence-corrected chi connectivity index (χ4v) is 8.18. The van der Waals surface area contributed by atoms with Gasteiger partial charge in [-0.25, -0.2) is 11.0 Å². The van der Waals surface area contributed by atoms with Crippen LogP contribution in [0.4, 0.5) is 5.69 Å². The van der Waals surface area contributed by atoms with Crippen LogP contribution in [0.5, 0.6) is 11.5 Å². The van der Waals surface area contributed by atoms with Crippen molar-refractivity contribution in [3.05, 3.63) is 125 Å². The number of fused-ring (bicyclic) bond motifs is 2. The molecule has 2 unspecified atom stereocenters. The fraction of sp³-hybridized carbons (Fsp3) is 0.356. The zero-order valence-corrected chi connectivity index (χ0v) is 33.6. The summed E-state index contributed by atoms with van der Waals surface area (Å²) in [5.41, 5.74) is 5.33. The maximum absolute atomic E-state index is 13.4. The molecule has 4 aromatic rings. The van der Waals surface area contributed by atoms with E-state index in [1.54, 1.807) is 49.9 Å². The Morgan fingerprint density at radius 3 is 1.88 bits per heavy atom. The molecule has 3 heterocycles. The molecule has 7 rings (SSSR count). The summed E-state index contributed by atoms with van der Waals surface area (Å²) < 4.78 is 11.7. The summed E-state index contributed by atoms with van der Waals surface area (Å²) in [6.07, 6.45) is 1.76. The van der Waals surface area contributed by atoms with Gasteiger partial charge >= 0.3 is 0 Å². The molecule has 0 bridgehead atoms. The summed E-state index contributed by atoms with van der Waals surface area (Å²) in [4.78, 5) is 66.4. The number of rotatable bonds is 12. The highest BCUT2D eigenvalue weighted by atomic mass is 16.5. The minimum Gasteiger partial charge on any atom is -0.489 e. The molecule has 59 heavy (non-hydrogen) atoms. The van der Waals surface area contributed by atoms with Crippen molar-refractivity contribution in [1.82, 2.24) is 20.8 Å². The Morgan fingerprint density at radius 2 is 1.31 bits per heavy atom. The van der Waals surface area contributed by atoms with Crippen LogP contribution in [0.2, 0.25) is 0 Å². The SMILES string of the molecule is CC(C)[C@H](C(=O)NO)N1CCC2(C(=O)Nc3cc(OCc4ccccc4)ccc32)C1=O.C[C@H](C(=O)NO)N1CCCC(C)(c2ccc(OCc3ccccc3)cc2)C1=O. The third-order valence-corrected chi connectivity index (χ3v) is 11.5. The van der Waals surface area contributed by atoms with Gasteiger partial charge in [0.25, 0.3) is 11.8 Å². The Balaban J connectivity index is 0.000000199. The van der Waals surface area contributed by atoms with E-state index in [1.165, 1.54) is 9.80 Å². The van der Waals surface area contributed by atoms with Gasteiger partial charge < -0.3 is 24.6 Å². The predicted molar refractivity (Wildman–Crippen MR) is 217 cm³/mol. The smallest absolute Gasteiger partial charge is 0.266 e. The Labute approximate surface area is 343 Å². The van der Waals surface area contributed by atoms with Crippen LogP contribution in [0.15, 0.2) is 103 Å². The molecule has 0 aliphatic carbocycles. The number of benzene rings is 4. The second-order valence-corrected chi connectivity index (χ2v) is 15.6. The molecule has 3 aliphatic heterocycles. The quantitative estimate of drug-likeness (QED) is 0.0724. The number of amides is 5. The highest BCUT2D eigenvalue weighted by Gasteiger charge is 2.60. The van der Waals surface area contributed by atoms with Gasteiger partial charge in [-0.15, -0.1) is 0 Å². The molecule has 310 valence electrons. The molecule has 0 radical (unpaired) electrons. The molecule has 5 N–H and O–H groups in total. The van der Waals surface area contributed by atoms with Crippen molar-refractivity contribution in [1.29, 1.82) is 0 Å². The number of hydrogen-bond donors (Lipinski definition) is 5. The lowest BCUT2D eigenvalue weighted by atomic mass is 9.74. The third kappa shape index (κ3) is 8.64. The number of carbonyl (C=O) groups is 5. The van der Waals surface area contributed by atoms with Crippen LogP contribution in [-0.4, -0.2) is 74.9 Å². The summed E-state index contributed by atoms with van der Waals surface area (Å²) in [7, 11) is 0. The summed E-state index contributed by atoms with van der Waals surface area (Å²) >= 11 is 0. The summed E-state index contributed by atoms with van der Waals surface area (Å²) in [5, 5.41) is 20.8. The summed E-state index contributed by atoms with van der Waals surface area (Å²) in [6, 6.07) is 30.9. The van der Waals surface area contributed by atoms with Gasteiger partial charge in [0.15, 0.2) is 5.41 Å². The van der Waals surface area contributed by atoms with Gasteiger partial charge in [0, 0.05) is 30.4 Å². The minimum atomic E-state index is -1.36. The van der Waals surface area contributed by atoms with Gasteiger partial charge in [-0.1, -0.05) is 92.7 Å². The average molecular weight is 806 g/mol. The average Bonchev–Trinajstić information content (AvgIpc) is 3.74. The Morgan fingerprint density at radius 1 is 0.729 bits per heavy atom. The largest absolute Gasteiger partial charge is 0.489 e. The molecule has 2 fully saturated rings. The maximum atomic E-state index is 13.4. The first-order valence-corrected chi connectivity index (χ1v) is 19.7. The normalized spacial score (nSPS) is 20.6. The van der Waals surface area contributed by atoms with Gasteiger partial charge in [0.2, 0.25) is 17.7 Å². The number of hydrogen-bond acceptors (Lipinski definition) is 9. The molecule has 2 saturated heterocycles. The number of piperidine rings is 1. The molecule has 4 aromatic carbocycles. The van der Waals surface area contributed by atoms with Crippen molar-refractivity contribution >= 4 is 35.2 Å². The van der Waals surface area contributed by atoms with Crippen LogP contribution in [0, 0.1) is 5.92 Å². The molecule has 3 aliphatic rings. The summed E-state index contributed by atoms with van der Waals surface area (Å²) in [6.45, 7) is 8.72. The molecular weight excluding hydrogens is 755 g/mol. The first-order chi connectivity index (χ1) is 28.3. The molecule has 14 nitrogen and oxygen atoms in total. The highest BCUT2D eigenvalue weighted by molar-refractivity contribution is 6.22. The van der Waals surface area contributed by atoms with Gasteiger partial charge in [-0.3, -0.25) is 34.4 Å². The standard InChI is InChI=1S/C23H25N3O5.C22H26N2O4/c1-14(2)19(20(27)25-30)26-11-10-23(22(26)29)17-9-8-16(12-18(17)24-21(23)28)31-13-15-6-4-3-5-7-15;1-16(20(25)23-27)24-14-6-13-22(2,21(24)26)18-9-11-19(12-10-18)28-15-17-7-4-3-5-8-17/h3-9,12,14,19,30H,10-11,13H2,1-2H3,(H,24,28)(H,25,27);3-5,7-12,16,27H,6,13-15H2,1-2H3,(H,23,25)/t19-,23?;16-,22?/m11/s1. The second-order valence-electron chi connectivity index (χ2n) is 15.6. The predicted octanol–water partition coefficient (Wildman–Crippen LogP) is 5.26. The van der Waals surface area contributed by atoms with Crippen LogP contribution < -0.4 is 25.8 Å². The molecule has 1 spiro atoms. The van der Waals surface area contributed by atoms with E-state index in [0.29, 0.717) is 43.2 Å². The van der Waals surface area contributed by atoms with E-state index in [-0.39, 0.29) is 24.8 Å². The van der Waals surface area contributed by atoms with Gasteiger partial charge in [-0.2, -0.15) is 0 Å². The van der Waals surface area contributed by atoms with E-state index in [0.717, 1.165) is 28.9 Å².